The first-order valence-corrected chi connectivity index (χ1v) is 18.2. The molecule has 242 valence electrons. The molecule has 2 aromatic carbocycles. The van der Waals surface area contributed by atoms with Crippen molar-refractivity contribution in [3.8, 4) is 0 Å². The van der Waals surface area contributed by atoms with Crippen molar-refractivity contribution in [2.24, 2.45) is 5.92 Å². The number of carbonyl (C=O) groups excluding carboxylic acids is 2. The van der Waals surface area contributed by atoms with Crippen LogP contribution >= 0.6 is 11.6 Å². The van der Waals surface area contributed by atoms with Crippen LogP contribution in [0.2, 0.25) is 5.02 Å². The van der Waals surface area contributed by atoms with Crippen LogP contribution < -0.4 is 4.90 Å². The number of esters is 1. The first kappa shape index (κ1) is 33.1. The number of rotatable bonds is 10. The normalized spacial score (nSPS) is 20.5. The molecule has 0 radical (unpaired) electrons. The molecule has 1 amide bonds. The van der Waals surface area contributed by atoms with Gasteiger partial charge in [0.15, 0.2) is 0 Å². The fraction of sp³-hybridized carbons (Fsp3) is 0.433. The largest absolute Gasteiger partial charge is 0.464 e. The molecular formula is C30H35ClN4O8S2. The van der Waals surface area contributed by atoms with Crippen LogP contribution in [0.5, 0.6) is 0 Å². The van der Waals surface area contributed by atoms with Crippen LogP contribution in [0.1, 0.15) is 26.2 Å². The summed E-state index contributed by atoms with van der Waals surface area (Å²) in [6, 6.07) is 11.8. The number of piperazine rings is 1. The summed E-state index contributed by atoms with van der Waals surface area (Å²) in [5, 5.41) is 1.71. The second kappa shape index (κ2) is 13.6. The van der Waals surface area contributed by atoms with Crippen molar-refractivity contribution in [3.05, 3.63) is 65.9 Å². The minimum atomic E-state index is -4.56. The summed E-state index contributed by atoms with van der Waals surface area (Å²) < 4.78 is 64.1. The smallest absolute Gasteiger partial charge is 0.330 e. The number of piperidine rings is 1. The summed E-state index contributed by atoms with van der Waals surface area (Å²) >= 11 is 6.08. The molecule has 0 bridgehead atoms. The average Bonchev–Trinajstić information content (AvgIpc) is 3.01. The zero-order valence-electron chi connectivity index (χ0n) is 24.9. The minimum Gasteiger partial charge on any atom is -0.464 e. The highest BCUT2D eigenvalue weighted by molar-refractivity contribution is 7.89. The van der Waals surface area contributed by atoms with Crippen LogP contribution in [0.3, 0.4) is 0 Å². The third-order valence-corrected chi connectivity index (χ3v) is 10.5. The number of nitrogens with zero attached hydrogens (tertiary/aromatic N) is 4. The van der Waals surface area contributed by atoms with Crippen molar-refractivity contribution in [1.82, 2.24) is 14.2 Å². The Labute approximate surface area is 268 Å². The molecule has 5 rings (SSSR count). The third kappa shape index (κ3) is 7.58. The van der Waals surface area contributed by atoms with Crippen LogP contribution in [0.4, 0.5) is 5.69 Å². The van der Waals surface area contributed by atoms with Crippen molar-refractivity contribution >= 4 is 60.1 Å². The van der Waals surface area contributed by atoms with Crippen molar-refractivity contribution in [1.29, 1.82) is 0 Å². The monoisotopic (exact) mass is 678 g/mol. The molecule has 2 saturated heterocycles. The van der Waals surface area contributed by atoms with E-state index in [9.17, 15) is 26.4 Å². The average molecular weight is 679 g/mol. The molecule has 2 fully saturated rings. The van der Waals surface area contributed by atoms with E-state index in [1.807, 2.05) is 19.1 Å². The molecule has 2 aliphatic rings. The van der Waals surface area contributed by atoms with Crippen LogP contribution in [-0.2, 0) is 38.7 Å². The number of benzene rings is 2. The van der Waals surface area contributed by atoms with Gasteiger partial charge >= 0.3 is 5.97 Å². The second-order valence-corrected chi connectivity index (χ2v) is 15.1. The van der Waals surface area contributed by atoms with E-state index in [1.165, 1.54) is 17.0 Å². The van der Waals surface area contributed by atoms with Gasteiger partial charge in [-0.1, -0.05) is 30.7 Å². The van der Waals surface area contributed by atoms with Gasteiger partial charge in [0.05, 0.1) is 17.8 Å². The molecule has 0 spiro atoms. The van der Waals surface area contributed by atoms with E-state index >= 15 is 0 Å². The number of halogens is 1. The van der Waals surface area contributed by atoms with Crippen molar-refractivity contribution in [3.63, 3.8) is 0 Å². The maximum absolute atomic E-state index is 14.1. The third-order valence-electron chi connectivity index (χ3n) is 7.95. The minimum absolute atomic E-state index is 0.0390. The van der Waals surface area contributed by atoms with Crippen LogP contribution in [0, 0.1) is 5.92 Å². The van der Waals surface area contributed by atoms with Crippen LogP contribution in [0.25, 0.3) is 10.8 Å². The Morgan fingerprint density at radius 3 is 2.33 bits per heavy atom. The molecular weight excluding hydrogens is 644 g/mol. The Morgan fingerprint density at radius 2 is 1.67 bits per heavy atom. The highest BCUT2D eigenvalue weighted by atomic mass is 35.5. The van der Waals surface area contributed by atoms with Crippen LogP contribution in [-0.4, -0.2) is 94.2 Å². The number of carbonyl (C=O) groups is 2. The second-order valence-electron chi connectivity index (χ2n) is 11.2. The summed E-state index contributed by atoms with van der Waals surface area (Å²) in [5.74, 6) is -1.76. The lowest BCUT2D eigenvalue weighted by molar-refractivity contribution is -0.168. The molecule has 2 atom stereocenters. The lowest BCUT2D eigenvalue weighted by atomic mass is 9.94. The first-order chi connectivity index (χ1) is 21.4. The lowest BCUT2D eigenvalue weighted by Crippen LogP contribution is -2.66. The fourth-order valence-corrected chi connectivity index (χ4v) is 7.94. The molecule has 12 nitrogen and oxygen atoms in total. The highest BCUT2D eigenvalue weighted by Crippen LogP contribution is 2.32. The predicted molar refractivity (Wildman–Crippen MR) is 168 cm³/mol. The van der Waals surface area contributed by atoms with Gasteiger partial charge in [0.1, 0.15) is 6.04 Å². The number of anilines is 1. The molecule has 2 aliphatic heterocycles. The van der Waals surface area contributed by atoms with Gasteiger partial charge in [-0.3, -0.25) is 9.78 Å². The standard InChI is InChI=1S/C30H35ClN4O8S2/c1-3-16-42-30(37)27-20-35(45(40,41)26-7-5-22-17-24(31)6-4-23(22)18-26)29(43-44(2,38)39)28(36)34(27)19-21-10-14-33(15-11-21)25-8-12-32-13-9-25/h4-9,12-13,17-18,21,27,29H,3,10-11,14-16,19-20H2,1-2H3/t27-,29?/m1/s1. The van der Waals surface area contributed by atoms with Crippen molar-refractivity contribution in [2.45, 2.75) is 43.4 Å². The maximum atomic E-state index is 14.1. The number of amides is 1. The number of pyridine rings is 1. The zero-order valence-corrected chi connectivity index (χ0v) is 27.3. The lowest BCUT2D eigenvalue weighted by Gasteiger charge is -2.44. The van der Waals surface area contributed by atoms with Gasteiger partial charge in [-0.2, -0.15) is 12.7 Å². The highest BCUT2D eigenvalue weighted by Gasteiger charge is 2.51. The van der Waals surface area contributed by atoms with Gasteiger partial charge < -0.3 is 14.5 Å². The maximum Gasteiger partial charge on any atom is 0.330 e. The Morgan fingerprint density at radius 1 is 1.00 bits per heavy atom. The molecule has 0 N–H and O–H groups in total. The predicted octanol–water partition coefficient (Wildman–Crippen LogP) is 3.26. The number of ether oxygens (including phenoxy) is 1. The Kier molecular flexibility index (Phi) is 9.99. The Bertz CT molecular complexity index is 1770. The Hall–Kier alpha value is -3.30. The summed E-state index contributed by atoms with van der Waals surface area (Å²) in [6.45, 7) is 2.82. The van der Waals surface area contributed by atoms with Crippen LogP contribution in [0.15, 0.2) is 65.8 Å². The molecule has 45 heavy (non-hydrogen) atoms. The molecule has 1 aromatic heterocycles. The number of aromatic nitrogens is 1. The number of hydrogen-bond acceptors (Lipinski definition) is 10. The summed E-state index contributed by atoms with van der Waals surface area (Å²) in [7, 11) is -8.87. The SMILES string of the molecule is CCCOC(=O)[C@H]1CN(S(=O)(=O)c2ccc3cc(Cl)ccc3c2)C(OS(C)(=O)=O)C(=O)N1CC1CCN(c2ccncc2)CC1. The van der Waals surface area contributed by atoms with Gasteiger partial charge in [0.25, 0.3) is 16.0 Å². The van der Waals surface area contributed by atoms with E-state index in [2.05, 4.69) is 9.88 Å². The summed E-state index contributed by atoms with van der Waals surface area (Å²) in [6.07, 6.45) is 4.02. The van der Waals surface area contributed by atoms with Gasteiger partial charge in [0.2, 0.25) is 16.3 Å². The van der Waals surface area contributed by atoms with E-state index in [4.69, 9.17) is 20.5 Å². The molecule has 0 aliphatic carbocycles. The van der Waals surface area contributed by atoms with Gasteiger partial charge in [-0.05, 0) is 72.4 Å². The Balaban J connectivity index is 1.46. The van der Waals surface area contributed by atoms with Crippen molar-refractivity contribution < 1.29 is 35.3 Å². The summed E-state index contributed by atoms with van der Waals surface area (Å²) in [5.41, 5.74) is 1.03. The van der Waals surface area contributed by atoms with Gasteiger partial charge in [-0.25, -0.2) is 17.4 Å². The molecule has 3 heterocycles. The molecule has 0 saturated carbocycles. The van der Waals surface area contributed by atoms with Gasteiger partial charge in [0, 0.05) is 49.3 Å². The van der Waals surface area contributed by atoms with E-state index in [1.54, 1.807) is 36.7 Å². The molecule has 15 heteroatoms. The fourth-order valence-electron chi connectivity index (χ4n) is 5.68. The number of hydrogen-bond donors (Lipinski definition) is 0. The summed E-state index contributed by atoms with van der Waals surface area (Å²) in [4.78, 5) is 34.7. The molecule has 1 unspecified atom stereocenters. The van der Waals surface area contributed by atoms with Gasteiger partial charge in [-0.15, -0.1) is 0 Å². The number of fused-ring (bicyclic) bond motifs is 1. The van der Waals surface area contributed by atoms with E-state index in [-0.39, 0.29) is 24.0 Å². The van der Waals surface area contributed by atoms with E-state index < -0.39 is 50.8 Å². The number of sulfonamides is 1. The zero-order chi connectivity index (χ0) is 32.4. The van der Waals surface area contributed by atoms with E-state index in [0.29, 0.717) is 52.5 Å². The first-order valence-electron chi connectivity index (χ1n) is 14.6. The topological polar surface area (TPSA) is 143 Å². The quantitative estimate of drug-likeness (QED) is 0.232. The van der Waals surface area contributed by atoms with E-state index in [0.717, 1.165) is 11.9 Å². The van der Waals surface area contributed by atoms with Crippen molar-refractivity contribution in [2.75, 3.05) is 43.9 Å². The molecule has 3 aromatic rings.